The summed E-state index contributed by atoms with van der Waals surface area (Å²) < 4.78 is 37.6. The molecule has 3 nitrogen and oxygen atoms in total. The molecule has 0 saturated heterocycles. The van der Waals surface area contributed by atoms with E-state index in [2.05, 4.69) is 5.32 Å². The van der Waals surface area contributed by atoms with Crippen molar-refractivity contribution in [2.24, 2.45) is 5.92 Å². The van der Waals surface area contributed by atoms with Gasteiger partial charge in [0, 0.05) is 12.6 Å². The molecule has 1 atom stereocenters. The molecule has 0 spiro atoms. The van der Waals surface area contributed by atoms with Gasteiger partial charge in [-0.2, -0.15) is 13.2 Å². The van der Waals surface area contributed by atoms with Gasteiger partial charge < -0.3 is 10.4 Å². The molecule has 112 valence electrons. The number of hydrogen-bond acceptors (Lipinski definition) is 3. The van der Waals surface area contributed by atoms with E-state index in [9.17, 15) is 18.3 Å². The summed E-state index contributed by atoms with van der Waals surface area (Å²) in [7, 11) is 0. The first-order valence-corrected chi connectivity index (χ1v) is 7.06. The zero-order valence-electron chi connectivity index (χ0n) is 11.3. The van der Waals surface area contributed by atoms with Crippen LogP contribution >= 0.6 is 0 Å². The molecular weight excluding hydrogens is 257 g/mol. The average molecular weight is 280 g/mol. The Kier molecular flexibility index (Phi) is 4.42. The number of nitrogens with one attached hydrogen (secondary N) is 1. The van der Waals surface area contributed by atoms with Crippen molar-refractivity contribution in [2.75, 3.05) is 26.2 Å². The number of alkyl halides is 3. The van der Waals surface area contributed by atoms with Crippen molar-refractivity contribution in [2.45, 2.75) is 50.4 Å². The third kappa shape index (κ3) is 4.33. The van der Waals surface area contributed by atoms with Gasteiger partial charge in [0.05, 0.1) is 18.7 Å². The van der Waals surface area contributed by atoms with Crippen LogP contribution in [0, 0.1) is 5.92 Å². The molecule has 0 aromatic rings. The molecule has 0 heterocycles. The first kappa shape index (κ1) is 15.1. The van der Waals surface area contributed by atoms with Gasteiger partial charge in [-0.25, -0.2) is 0 Å². The molecule has 0 radical (unpaired) electrons. The number of nitrogens with zero attached hydrogens (tertiary/aromatic N) is 1. The summed E-state index contributed by atoms with van der Waals surface area (Å²) in [4.78, 5) is 1.39. The van der Waals surface area contributed by atoms with Gasteiger partial charge in [-0.15, -0.1) is 0 Å². The molecule has 0 aromatic carbocycles. The van der Waals surface area contributed by atoms with Gasteiger partial charge in [-0.05, 0) is 38.1 Å². The van der Waals surface area contributed by atoms with Crippen LogP contribution in [0.2, 0.25) is 0 Å². The molecule has 2 aliphatic rings. The van der Waals surface area contributed by atoms with E-state index in [4.69, 9.17) is 0 Å². The molecule has 2 rings (SSSR count). The van der Waals surface area contributed by atoms with Gasteiger partial charge >= 0.3 is 6.18 Å². The maximum absolute atomic E-state index is 12.5. The predicted octanol–water partition coefficient (Wildman–Crippen LogP) is 1.76. The van der Waals surface area contributed by atoms with E-state index in [0.717, 1.165) is 25.7 Å². The Balaban J connectivity index is 2.00. The molecule has 0 bridgehead atoms. The maximum Gasteiger partial charge on any atom is 0.401 e. The van der Waals surface area contributed by atoms with E-state index in [1.54, 1.807) is 6.92 Å². The molecule has 19 heavy (non-hydrogen) atoms. The maximum atomic E-state index is 12.5. The third-order valence-corrected chi connectivity index (χ3v) is 4.07. The largest absolute Gasteiger partial charge is 0.401 e. The lowest BCUT2D eigenvalue weighted by Gasteiger charge is -2.38. The summed E-state index contributed by atoms with van der Waals surface area (Å²) >= 11 is 0. The van der Waals surface area contributed by atoms with Gasteiger partial charge in [-0.3, -0.25) is 4.90 Å². The lowest BCUT2D eigenvalue weighted by Crippen LogP contribution is -2.59. The van der Waals surface area contributed by atoms with Crippen LogP contribution < -0.4 is 5.32 Å². The normalized spacial score (nSPS) is 23.7. The number of aliphatic hydroxyl groups is 1. The summed E-state index contributed by atoms with van der Waals surface area (Å²) in [5.41, 5.74) is -0.539. The van der Waals surface area contributed by atoms with E-state index >= 15 is 0 Å². The van der Waals surface area contributed by atoms with Crippen LogP contribution in [0.15, 0.2) is 0 Å². The number of likely N-dealkylation sites (N-methyl/N-ethyl adjacent to an activating group) is 1. The van der Waals surface area contributed by atoms with Crippen molar-refractivity contribution in [1.82, 2.24) is 10.2 Å². The Hall–Kier alpha value is -0.330. The van der Waals surface area contributed by atoms with Gasteiger partial charge in [-0.1, -0.05) is 6.92 Å². The molecule has 2 aliphatic carbocycles. The van der Waals surface area contributed by atoms with Crippen molar-refractivity contribution in [1.29, 1.82) is 0 Å². The fourth-order valence-corrected chi connectivity index (χ4v) is 2.72. The Morgan fingerprint density at radius 1 is 1.16 bits per heavy atom. The minimum Gasteiger partial charge on any atom is -0.394 e. The second-order valence-corrected chi connectivity index (χ2v) is 5.93. The molecule has 2 saturated carbocycles. The highest BCUT2D eigenvalue weighted by atomic mass is 19.4. The summed E-state index contributed by atoms with van der Waals surface area (Å²) in [6.45, 7) is 1.38. The van der Waals surface area contributed by atoms with Crippen molar-refractivity contribution in [3.8, 4) is 0 Å². The number of halogens is 3. The van der Waals surface area contributed by atoms with Crippen LogP contribution in [0.3, 0.4) is 0 Å². The monoisotopic (exact) mass is 280 g/mol. The quantitative estimate of drug-likeness (QED) is 0.711. The van der Waals surface area contributed by atoms with Crippen LogP contribution in [-0.2, 0) is 0 Å². The topological polar surface area (TPSA) is 35.5 Å². The lowest BCUT2D eigenvalue weighted by atomic mass is 9.92. The second kappa shape index (κ2) is 5.58. The molecule has 0 aromatic heterocycles. The first-order chi connectivity index (χ1) is 8.88. The Morgan fingerprint density at radius 2 is 1.79 bits per heavy atom. The SMILES string of the molecule is CCN(CC(F)(F)F)CC(CO)(NC1CC1)C1CC1. The highest BCUT2D eigenvalue weighted by molar-refractivity contribution is 5.06. The summed E-state index contributed by atoms with van der Waals surface area (Å²) in [6, 6.07) is 0.386. The fourth-order valence-electron chi connectivity index (χ4n) is 2.72. The summed E-state index contributed by atoms with van der Waals surface area (Å²) in [6.07, 6.45) is -0.0340. The lowest BCUT2D eigenvalue weighted by molar-refractivity contribution is -0.148. The number of aliphatic hydroxyl groups excluding tert-OH is 1. The molecule has 2 fully saturated rings. The standard InChI is InChI=1S/C13H23F3N2O/c1-2-18(8-13(14,15)16)7-12(9-19,10-3-4-10)17-11-5-6-11/h10-11,17,19H,2-9H2,1H3. The van der Waals surface area contributed by atoms with Crippen LogP contribution in [0.5, 0.6) is 0 Å². The zero-order valence-corrected chi connectivity index (χ0v) is 11.3. The Morgan fingerprint density at radius 3 is 2.16 bits per heavy atom. The molecule has 0 aliphatic heterocycles. The van der Waals surface area contributed by atoms with Crippen LogP contribution in [0.25, 0.3) is 0 Å². The molecule has 6 heteroatoms. The van der Waals surface area contributed by atoms with Gasteiger partial charge in [0.25, 0.3) is 0 Å². The van der Waals surface area contributed by atoms with E-state index in [1.165, 1.54) is 4.90 Å². The van der Waals surface area contributed by atoms with Crippen LogP contribution in [-0.4, -0.2) is 54.0 Å². The predicted molar refractivity (Wildman–Crippen MR) is 66.9 cm³/mol. The van der Waals surface area contributed by atoms with Crippen molar-refractivity contribution in [3.05, 3.63) is 0 Å². The van der Waals surface area contributed by atoms with Crippen molar-refractivity contribution >= 4 is 0 Å². The Bertz CT molecular complexity index is 303. The summed E-state index contributed by atoms with van der Waals surface area (Å²) in [5, 5.41) is 13.1. The smallest absolute Gasteiger partial charge is 0.394 e. The zero-order chi connectivity index (χ0) is 14.1. The number of hydrogen-bond donors (Lipinski definition) is 2. The van der Waals surface area contributed by atoms with Crippen molar-refractivity contribution in [3.63, 3.8) is 0 Å². The fraction of sp³-hybridized carbons (Fsp3) is 1.00. The van der Waals surface area contributed by atoms with Gasteiger partial charge in [0.1, 0.15) is 0 Å². The highest BCUT2D eigenvalue weighted by Gasteiger charge is 2.48. The average Bonchev–Trinajstić information content (AvgIpc) is 3.16. The van der Waals surface area contributed by atoms with Crippen molar-refractivity contribution < 1.29 is 18.3 Å². The van der Waals surface area contributed by atoms with E-state index in [-0.39, 0.29) is 13.2 Å². The van der Waals surface area contributed by atoms with E-state index in [0.29, 0.717) is 18.5 Å². The second-order valence-electron chi connectivity index (χ2n) is 5.93. The van der Waals surface area contributed by atoms with Crippen LogP contribution in [0.4, 0.5) is 13.2 Å². The molecule has 2 N–H and O–H groups in total. The number of rotatable bonds is 8. The Labute approximate surface area is 112 Å². The third-order valence-electron chi connectivity index (χ3n) is 4.07. The van der Waals surface area contributed by atoms with Gasteiger partial charge in [0.2, 0.25) is 0 Å². The molecule has 0 amide bonds. The first-order valence-electron chi connectivity index (χ1n) is 7.06. The minimum absolute atomic E-state index is 0.0808. The van der Waals surface area contributed by atoms with E-state index < -0.39 is 18.3 Å². The highest BCUT2D eigenvalue weighted by Crippen LogP contribution is 2.42. The van der Waals surface area contributed by atoms with Gasteiger partial charge in [0.15, 0.2) is 0 Å². The minimum atomic E-state index is -4.18. The summed E-state index contributed by atoms with van der Waals surface area (Å²) in [5.74, 6) is 0.320. The van der Waals surface area contributed by atoms with Crippen LogP contribution in [0.1, 0.15) is 32.6 Å². The molecular formula is C13H23F3N2O. The molecule has 1 unspecified atom stereocenters. The van der Waals surface area contributed by atoms with E-state index in [1.807, 2.05) is 0 Å².